The molecule has 0 N–H and O–H groups in total. The standard InChI is InChI=1S/C24H28N4O3S/c1-29-21-15-20(16-22(17-21)30-2)23-25-28(24(32)31-23)18-27-13-11-26(12-14-27)10-6-9-19-7-4-3-5-8-19/h3-9,15-17H,10-14,18H2,1-2H3/b9-6+. The summed E-state index contributed by atoms with van der Waals surface area (Å²) in [6, 6.07) is 15.9. The van der Waals surface area contributed by atoms with Crippen LogP contribution in [0, 0.1) is 4.84 Å². The molecule has 0 radical (unpaired) electrons. The topological polar surface area (TPSA) is 55.9 Å². The summed E-state index contributed by atoms with van der Waals surface area (Å²) in [5.74, 6) is 1.80. The lowest BCUT2D eigenvalue weighted by atomic mass is 10.2. The zero-order valence-electron chi connectivity index (χ0n) is 18.4. The van der Waals surface area contributed by atoms with Gasteiger partial charge in [0.25, 0.3) is 4.84 Å². The lowest BCUT2D eigenvalue weighted by Crippen LogP contribution is -2.46. The predicted molar refractivity (Wildman–Crippen MR) is 127 cm³/mol. The fraction of sp³-hybridized carbons (Fsp3) is 0.333. The van der Waals surface area contributed by atoms with Gasteiger partial charge in [0.05, 0.1) is 20.9 Å². The van der Waals surface area contributed by atoms with Gasteiger partial charge in [-0.3, -0.25) is 9.80 Å². The molecule has 0 unspecified atom stereocenters. The molecular weight excluding hydrogens is 424 g/mol. The second-order valence-corrected chi connectivity index (χ2v) is 8.00. The molecule has 4 rings (SSSR count). The molecule has 7 nitrogen and oxygen atoms in total. The first-order valence-corrected chi connectivity index (χ1v) is 11.0. The van der Waals surface area contributed by atoms with E-state index in [1.165, 1.54) is 5.56 Å². The molecule has 1 aliphatic rings. The second-order valence-electron chi connectivity index (χ2n) is 7.65. The van der Waals surface area contributed by atoms with E-state index < -0.39 is 0 Å². The van der Waals surface area contributed by atoms with Crippen LogP contribution in [-0.4, -0.2) is 66.5 Å². The fourth-order valence-electron chi connectivity index (χ4n) is 3.65. The number of ether oxygens (including phenoxy) is 2. The molecule has 0 amide bonds. The van der Waals surface area contributed by atoms with Gasteiger partial charge in [-0.1, -0.05) is 42.5 Å². The molecule has 0 aliphatic carbocycles. The summed E-state index contributed by atoms with van der Waals surface area (Å²) in [6.07, 6.45) is 4.41. The summed E-state index contributed by atoms with van der Waals surface area (Å²) in [4.78, 5) is 5.15. The highest BCUT2D eigenvalue weighted by molar-refractivity contribution is 7.71. The van der Waals surface area contributed by atoms with Crippen LogP contribution in [0.2, 0.25) is 0 Å². The number of piperazine rings is 1. The Labute approximate surface area is 193 Å². The average molecular weight is 453 g/mol. The zero-order chi connectivity index (χ0) is 22.3. The van der Waals surface area contributed by atoms with Gasteiger partial charge in [-0.2, -0.15) is 0 Å². The number of aromatic nitrogens is 2. The normalized spacial score (nSPS) is 15.3. The van der Waals surface area contributed by atoms with E-state index in [1.807, 2.05) is 24.3 Å². The van der Waals surface area contributed by atoms with Crippen molar-refractivity contribution in [3.63, 3.8) is 0 Å². The van der Waals surface area contributed by atoms with Crippen molar-refractivity contribution in [3.05, 3.63) is 65.0 Å². The maximum atomic E-state index is 5.77. The lowest BCUT2D eigenvalue weighted by molar-refractivity contribution is 0.109. The summed E-state index contributed by atoms with van der Waals surface area (Å²) in [7, 11) is 3.23. The summed E-state index contributed by atoms with van der Waals surface area (Å²) in [6.45, 7) is 5.48. The van der Waals surface area contributed by atoms with Gasteiger partial charge in [-0.05, 0) is 29.9 Å². The number of benzene rings is 2. The van der Waals surface area contributed by atoms with Crippen LogP contribution < -0.4 is 9.47 Å². The SMILES string of the molecule is COc1cc(OC)cc(-c2nn(CN3CCN(C/C=C/c4ccccc4)CC3)c(=S)o2)c1. The van der Waals surface area contributed by atoms with Crippen LogP contribution >= 0.6 is 12.2 Å². The summed E-state index contributed by atoms with van der Waals surface area (Å²) in [5.41, 5.74) is 2.00. The Kier molecular flexibility index (Phi) is 7.36. The van der Waals surface area contributed by atoms with Crippen molar-refractivity contribution < 1.29 is 13.9 Å². The van der Waals surface area contributed by atoms with E-state index in [2.05, 4.69) is 51.3 Å². The van der Waals surface area contributed by atoms with Gasteiger partial charge in [0.1, 0.15) is 11.5 Å². The summed E-state index contributed by atoms with van der Waals surface area (Å²) >= 11 is 5.42. The van der Waals surface area contributed by atoms with Crippen LogP contribution in [0.3, 0.4) is 0 Å². The van der Waals surface area contributed by atoms with Crippen molar-refractivity contribution >= 4 is 18.3 Å². The Morgan fingerprint density at radius 3 is 2.28 bits per heavy atom. The van der Waals surface area contributed by atoms with Crippen LogP contribution in [0.5, 0.6) is 11.5 Å². The van der Waals surface area contributed by atoms with E-state index >= 15 is 0 Å². The molecule has 168 valence electrons. The quantitative estimate of drug-likeness (QED) is 0.475. The van der Waals surface area contributed by atoms with Gasteiger partial charge in [0, 0.05) is 44.4 Å². The number of nitrogens with zero attached hydrogens (tertiary/aromatic N) is 4. The lowest BCUT2D eigenvalue weighted by Gasteiger charge is -2.33. The molecule has 0 saturated carbocycles. The third-order valence-corrected chi connectivity index (χ3v) is 5.77. The molecule has 8 heteroatoms. The largest absolute Gasteiger partial charge is 0.497 e. The van der Waals surface area contributed by atoms with Crippen molar-refractivity contribution in [2.75, 3.05) is 46.9 Å². The van der Waals surface area contributed by atoms with E-state index in [-0.39, 0.29) is 0 Å². The first kappa shape index (κ1) is 22.3. The van der Waals surface area contributed by atoms with Crippen molar-refractivity contribution in [1.29, 1.82) is 0 Å². The average Bonchev–Trinajstić information content (AvgIpc) is 3.20. The van der Waals surface area contributed by atoms with E-state index in [1.54, 1.807) is 18.9 Å². The molecule has 3 aromatic rings. The van der Waals surface area contributed by atoms with E-state index in [9.17, 15) is 0 Å². The van der Waals surface area contributed by atoms with Gasteiger partial charge in [-0.25, -0.2) is 4.68 Å². The highest BCUT2D eigenvalue weighted by atomic mass is 32.1. The van der Waals surface area contributed by atoms with Gasteiger partial charge in [0.15, 0.2) is 0 Å². The second kappa shape index (κ2) is 10.6. The number of hydrogen-bond donors (Lipinski definition) is 0. The van der Waals surface area contributed by atoms with Crippen LogP contribution in [0.25, 0.3) is 17.5 Å². The van der Waals surface area contributed by atoms with Crippen molar-refractivity contribution in [2.45, 2.75) is 6.67 Å². The van der Waals surface area contributed by atoms with Gasteiger partial charge >= 0.3 is 0 Å². The Bertz CT molecular complexity index is 1080. The fourth-order valence-corrected chi connectivity index (χ4v) is 3.83. The van der Waals surface area contributed by atoms with Gasteiger partial charge in [0.2, 0.25) is 5.89 Å². The van der Waals surface area contributed by atoms with Crippen LogP contribution in [-0.2, 0) is 6.67 Å². The molecule has 0 atom stereocenters. The van der Waals surface area contributed by atoms with Crippen molar-refractivity contribution in [3.8, 4) is 23.0 Å². The monoisotopic (exact) mass is 452 g/mol. The Morgan fingerprint density at radius 1 is 0.969 bits per heavy atom. The Morgan fingerprint density at radius 2 is 1.62 bits per heavy atom. The van der Waals surface area contributed by atoms with E-state index in [4.69, 9.17) is 26.1 Å². The first-order valence-electron chi connectivity index (χ1n) is 10.6. The highest BCUT2D eigenvalue weighted by Gasteiger charge is 2.18. The van der Waals surface area contributed by atoms with Crippen LogP contribution in [0.15, 0.2) is 59.0 Å². The van der Waals surface area contributed by atoms with Crippen molar-refractivity contribution in [2.24, 2.45) is 0 Å². The third-order valence-electron chi connectivity index (χ3n) is 5.48. The Balaban J connectivity index is 1.34. The van der Waals surface area contributed by atoms with E-state index in [0.717, 1.165) is 38.3 Å². The molecule has 1 aromatic heterocycles. The highest BCUT2D eigenvalue weighted by Crippen LogP contribution is 2.29. The zero-order valence-corrected chi connectivity index (χ0v) is 19.3. The molecule has 2 aromatic carbocycles. The molecule has 2 heterocycles. The van der Waals surface area contributed by atoms with Crippen LogP contribution in [0.1, 0.15) is 5.56 Å². The molecule has 1 aliphatic heterocycles. The third kappa shape index (κ3) is 5.64. The van der Waals surface area contributed by atoms with Crippen LogP contribution in [0.4, 0.5) is 0 Å². The minimum Gasteiger partial charge on any atom is -0.497 e. The minimum atomic E-state index is 0.356. The predicted octanol–water partition coefficient (Wildman–Crippen LogP) is 4.18. The van der Waals surface area contributed by atoms with E-state index in [0.29, 0.717) is 28.9 Å². The maximum absolute atomic E-state index is 5.77. The molecule has 1 saturated heterocycles. The smallest absolute Gasteiger partial charge is 0.288 e. The molecule has 0 bridgehead atoms. The maximum Gasteiger partial charge on any atom is 0.288 e. The number of methoxy groups -OCH3 is 2. The first-order chi connectivity index (χ1) is 15.6. The minimum absolute atomic E-state index is 0.356. The van der Waals surface area contributed by atoms with Crippen molar-refractivity contribution in [1.82, 2.24) is 19.6 Å². The molecule has 0 spiro atoms. The van der Waals surface area contributed by atoms with Gasteiger partial charge in [-0.15, -0.1) is 5.10 Å². The summed E-state index contributed by atoms with van der Waals surface area (Å²) < 4.78 is 18.2. The number of rotatable bonds is 8. The molecule has 32 heavy (non-hydrogen) atoms. The van der Waals surface area contributed by atoms with Gasteiger partial charge < -0.3 is 13.9 Å². The number of hydrogen-bond acceptors (Lipinski definition) is 7. The molecule has 1 fully saturated rings. The molecular formula is C24H28N4O3S. The summed E-state index contributed by atoms with van der Waals surface area (Å²) in [5, 5.41) is 4.60. The Hall–Kier alpha value is -2.94.